The molecule has 54 valence electrons. The molecule has 0 aromatic heterocycles. The van der Waals surface area contributed by atoms with Crippen molar-refractivity contribution >= 4 is 5.78 Å². The van der Waals surface area contributed by atoms with Crippen LogP contribution in [0.5, 0.6) is 0 Å². The van der Waals surface area contributed by atoms with Gasteiger partial charge in [-0.3, -0.25) is 4.79 Å². The summed E-state index contributed by atoms with van der Waals surface area (Å²) in [4.78, 5) is 11.3. The minimum Gasteiger partial charge on any atom is -0.294 e. The number of carbonyl (C=O) groups is 1. The molecule has 1 nitrogen and oxygen atoms in total. The summed E-state index contributed by atoms with van der Waals surface area (Å²) in [7, 11) is 0. The topological polar surface area (TPSA) is 17.1 Å². The van der Waals surface area contributed by atoms with Crippen molar-refractivity contribution in [1.29, 1.82) is 0 Å². The summed E-state index contributed by atoms with van der Waals surface area (Å²) in [5.74, 6) is 1.50. The minimum atomic E-state index is 0.413. The first-order chi connectivity index (χ1) is 4.83. The van der Waals surface area contributed by atoms with Crippen LogP contribution in [0.1, 0.15) is 26.2 Å². The molecule has 0 aromatic rings. The molecule has 2 unspecified atom stereocenters. The Labute approximate surface area is 61.1 Å². The first kappa shape index (κ1) is 6.14. The number of hydrogen-bond acceptors (Lipinski definition) is 1. The Balaban J connectivity index is 2.33. The van der Waals surface area contributed by atoms with Crippen LogP contribution < -0.4 is 0 Å². The Morgan fingerprint density at radius 3 is 2.50 bits per heavy atom. The molecule has 0 N–H and O–H groups in total. The zero-order chi connectivity index (χ0) is 7.14. The second-order valence-electron chi connectivity index (χ2n) is 3.32. The molecular formula is C9H12O. The Morgan fingerprint density at radius 1 is 1.40 bits per heavy atom. The van der Waals surface area contributed by atoms with Gasteiger partial charge in [0.05, 0.1) is 0 Å². The van der Waals surface area contributed by atoms with E-state index in [9.17, 15) is 4.79 Å². The lowest BCUT2D eigenvalue weighted by molar-refractivity contribution is -0.118. The fourth-order valence-electron chi connectivity index (χ4n) is 2.32. The van der Waals surface area contributed by atoms with E-state index in [0.29, 0.717) is 17.6 Å². The summed E-state index contributed by atoms with van der Waals surface area (Å²) in [6.45, 7) is 1.98. The van der Waals surface area contributed by atoms with Crippen LogP contribution in [0.4, 0.5) is 0 Å². The maximum atomic E-state index is 11.3. The van der Waals surface area contributed by atoms with Crippen molar-refractivity contribution in [3.63, 3.8) is 0 Å². The molecule has 0 saturated heterocycles. The van der Waals surface area contributed by atoms with Crippen LogP contribution >= 0.6 is 0 Å². The molecule has 0 amide bonds. The normalized spacial score (nSPS) is 41.7. The maximum absolute atomic E-state index is 11.3. The van der Waals surface area contributed by atoms with Gasteiger partial charge < -0.3 is 0 Å². The van der Waals surface area contributed by atoms with E-state index in [0.717, 1.165) is 18.4 Å². The standard InChI is InChI=1S/C9H12O/c1-2-8-6-3-4-7(5-6)9(8)10/h2,6-7H,3-5H2,1H3/b8-2+. The van der Waals surface area contributed by atoms with Crippen molar-refractivity contribution in [2.24, 2.45) is 11.8 Å². The van der Waals surface area contributed by atoms with Gasteiger partial charge in [-0.1, -0.05) is 6.08 Å². The van der Waals surface area contributed by atoms with Crippen molar-refractivity contribution in [3.8, 4) is 0 Å². The van der Waals surface area contributed by atoms with Gasteiger partial charge >= 0.3 is 0 Å². The van der Waals surface area contributed by atoms with Gasteiger partial charge in [-0.25, -0.2) is 0 Å². The van der Waals surface area contributed by atoms with Crippen LogP contribution in [0, 0.1) is 11.8 Å². The van der Waals surface area contributed by atoms with Gasteiger partial charge in [-0.15, -0.1) is 0 Å². The van der Waals surface area contributed by atoms with Crippen molar-refractivity contribution in [1.82, 2.24) is 0 Å². The van der Waals surface area contributed by atoms with Crippen LogP contribution in [-0.4, -0.2) is 5.78 Å². The van der Waals surface area contributed by atoms with E-state index >= 15 is 0 Å². The maximum Gasteiger partial charge on any atom is 0.161 e. The van der Waals surface area contributed by atoms with E-state index in [1.54, 1.807) is 0 Å². The third-order valence-corrected chi connectivity index (χ3v) is 2.84. The second-order valence-corrected chi connectivity index (χ2v) is 3.32. The Morgan fingerprint density at radius 2 is 2.10 bits per heavy atom. The van der Waals surface area contributed by atoms with E-state index in [-0.39, 0.29) is 0 Å². The molecule has 2 atom stereocenters. The van der Waals surface area contributed by atoms with E-state index in [2.05, 4.69) is 0 Å². The lowest BCUT2D eigenvalue weighted by Crippen LogP contribution is -2.11. The summed E-state index contributed by atoms with van der Waals surface area (Å²) in [5.41, 5.74) is 1.12. The van der Waals surface area contributed by atoms with Crippen molar-refractivity contribution < 1.29 is 4.79 Å². The highest BCUT2D eigenvalue weighted by atomic mass is 16.1. The number of fused-ring (bicyclic) bond motifs is 2. The molecule has 0 aromatic carbocycles. The Kier molecular flexibility index (Phi) is 1.19. The highest BCUT2D eigenvalue weighted by Crippen LogP contribution is 2.45. The van der Waals surface area contributed by atoms with Gasteiger partial charge in [0.15, 0.2) is 5.78 Å². The molecule has 2 rings (SSSR count). The van der Waals surface area contributed by atoms with Gasteiger partial charge in [-0.05, 0) is 37.7 Å². The first-order valence-electron chi connectivity index (χ1n) is 4.03. The third-order valence-electron chi connectivity index (χ3n) is 2.84. The van der Waals surface area contributed by atoms with Crippen molar-refractivity contribution in [3.05, 3.63) is 11.6 Å². The molecule has 2 saturated carbocycles. The predicted molar refractivity (Wildman–Crippen MR) is 39.6 cm³/mol. The van der Waals surface area contributed by atoms with E-state index in [1.165, 1.54) is 6.42 Å². The first-order valence-corrected chi connectivity index (χ1v) is 4.03. The molecule has 2 fully saturated rings. The fourth-order valence-corrected chi connectivity index (χ4v) is 2.32. The Bertz CT molecular complexity index is 203. The molecule has 2 aliphatic carbocycles. The summed E-state index contributed by atoms with van der Waals surface area (Å²) >= 11 is 0. The largest absolute Gasteiger partial charge is 0.294 e. The predicted octanol–water partition coefficient (Wildman–Crippen LogP) is 1.93. The quantitative estimate of drug-likeness (QED) is 0.465. The highest BCUT2D eigenvalue weighted by molar-refractivity contribution is 6.00. The van der Waals surface area contributed by atoms with E-state index < -0.39 is 0 Å². The number of ketones is 1. The van der Waals surface area contributed by atoms with Crippen LogP contribution in [-0.2, 0) is 4.79 Å². The number of Topliss-reactive ketones (excluding diaryl/α,β-unsaturated/α-hetero) is 1. The van der Waals surface area contributed by atoms with Gasteiger partial charge in [0.25, 0.3) is 0 Å². The second kappa shape index (κ2) is 1.94. The molecule has 2 bridgehead atoms. The van der Waals surface area contributed by atoms with Crippen LogP contribution in [0.3, 0.4) is 0 Å². The molecule has 0 heterocycles. The SMILES string of the molecule is C/C=C1/C(=O)C2CCC1C2. The van der Waals surface area contributed by atoms with Crippen LogP contribution in [0.25, 0.3) is 0 Å². The molecule has 0 spiro atoms. The summed E-state index contributed by atoms with van der Waals surface area (Å²) in [5, 5.41) is 0. The highest BCUT2D eigenvalue weighted by Gasteiger charge is 2.41. The smallest absolute Gasteiger partial charge is 0.161 e. The summed E-state index contributed by atoms with van der Waals surface area (Å²) < 4.78 is 0. The molecule has 0 radical (unpaired) electrons. The zero-order valence-corrected chi connectivity index (χ0v) is 6.26. The zero-order valence-electron chi connectivity index (χ0n) is 6.26. The van der Waals surface area contributed by atoms with Crippen LogP contribution in [0.15, 0.2) is 11.6 Å². The van der Waals surface area contributed by atoms with Crippen LogP contribution in [0.2, 0.25) is 0 Å². The lowest BCUT2D eigenvalue weighted by Gasteiger charge is -2.10. The number of rotatable bonds is 0. The van der Waals surface area contributed by atoms with Gasteiger partial charge in [0.1, 0.15) is 0 Å². The van der Waals surface area contributed by atoms with E-state index in [1.807, 2.05) is 13.0 Å². The van der Waals surface area contributed by atoms with Gasteiger partial charge in [0, 0.05) is 5.92 Å². The lowest BCUT2D eigenvalue weighted by atomic mass is 9.94. The molecule has 10 heavy (non-hydrogen) atoms. The fraction of sp³-hybridized carbons (Fsp3) is 0.667. The molecule has 0 aliphatic heterocycles. The number of allylic oxidation sites excluding steroid dienone is 2. The van der Waals surface area contributed by atoms with Gasteiger partial charge in [0.2, 0.25) is 0 Å². The minimum absolute atomic E-state index is 0.413. The van der Waals surface area contributed by atoms with Crippen molar-refractivity contribution in [2.45, 2.75) is 26.2 Å². The van der Waals surface area contributed by atoms with Crippen molar-refractivity contribution in [2.75, 3.05) is 0 Å². The Hall–Kier alpha value is -0.590. The average molecular weight is 136 g/mol. The average Bonchev–Trinajstić information content (AvgIpc) is 2.46. The number of hydrogen-bond donors (Lipinski definition) is 0. The molecule has 1 heteroatoms. The molecule has 2 aliphatic rings. The summed E-state index contributed by atoms with van der Waals surface area (Å²) in [6, 6.07) is 0. The third kappa shape index (κ3) is 0.606. The summed E-state index contributed by atoms with van der Waals surface area (Å²) in [6.07, 6.45) is 5.57. The monoisotopic (exact) mass is 136 g/mol. The number of carbonyl (C=O) groups excluding carboxylic acids is 1. The van der Waals surface area contributed by atoms with E-state index in [4.69, 9.17) is 0 Å². The molecular weight excluding hydrogens is 124 g/mol. The van der Waals surface area contributed by atoms with Gasteiger partial charge in [-0.2, -0.15) is 0 Å².